The zero-order valence-corrected chi connectivity index (χ0v) is 7.16. The molecule has 0 aliphatic heterocycles. The zero-order valence-electron chi connectivity index (χ0n) is 7.16. The van der Waals surface area contributed by atoms with Crippen LogP contribution in [0, 0.1) is 6.92 Å². The molecular weight excluding hydrogens is 142 g/mol. The lowest BCUT2D eigenvalue weighted by Crippen LogP contribution is -2.22. The maximum absolute atomic E-state index is 11.2. The second-order valence-electron chi connectivity index (χ2n) is 2.61. The van der Waals surface area contributed by atoms with Gasteiger partial charge in [0.05, 0.1) is 0 Å². The molecule has 0 atom stereocenters. The quantitative estimate of drug-likeness (QED) is 0.616. The lowest BCUT2D eigenvalue weighted by atomic mass is 10.5. The minimum Gasteiger partial charge on any atom is -0.282 e. The van der Waals surface area contributed by atoms with Gasteiger partial charge in [0.1, 0.15) is 5.82 Å². The van der Waals surface area contributed by atoms with E-state index in [9.17, 15) is 4.79 Å². The van der Waals surface area contributed by atoms with Crippen molar-refractivity contribution in [2.24, 2.45) is 7.05 Å². The molecule has 0 saturated carbocycles. The highest BCUT2D eigenvalue weighted by atomic mass is 16.2. The summed E-state index contributed by atoms with van der Waals surface area (Å²) in [5.41, 5.74) is -0.0237. The molecule has 1 rings (SSSR count). The van der Waals surface area contributed by atoms with Gasteiger partial charge in [-0.05, 0) is 13.3 Å². The van der Waals surface area contributed by atoms with Gasteiger partial charge < -0.3 is 0 Å². The molecule has 1 aromatic heterocycles. The molecule has 0 unspecified atom stereocenters. The van der Waals surface area contributed by atoms with Crippen molar-refractivity contribution in [2.75, 3.05) is 0 Å². The number of hydrogen-bond donors (Lipinski definition) is 0. The van der Waals surface area contributed by atoms with E-state index in [-0.39, 0.29) is 5.69 Å². The van der Waals surface area contributed by atoms with Crippen LogP contribution in [-0.2, 0) is 13.6 Å². The van der Waals surface area contributed by atoms with E-state index in [0.29, 0.717) is 6.54 Å². The van der Waals surface area contributed by atoms with Crippen molar-refractivity contribution in [1.82, 2.24) is 14.3 Å². The molecule has 11 heavy (non-hydrogen) atoms. The average molecular weight is 155 g/mol. The van der Waals surface area contributed by atoms with Crippen LogP contribution in [-0.4, -0.2) is 14.3 Å². The molecule has 4 heteroatoms. The van der Waals surface area contributed by atoms with Crippen LogP contribution in [0.15, 0.2) is 4.79 Å². The Morgan fingerprint density at radius 3 is 2.55 bits per heavy atom. The Balaban J connectivity index is 3.09. The van der Waals surface area contributed by atoms with Gasteiger partial charge in [0, 0.05) is 13.6 Å². The highest BCUT2D eigenvalue weighted by Crippen LogP contribution is 1.87. The van der Waals surface area contributed by atoms with Gasteiger partial charge in [-0.15, -0.1) is 0 Å². The first-order valence-electron chi connectivity index (χ1n) is 3.77. The van der Waals surface area contributed by atoms with Crippen molar-refractivity contribution in [3.63, 3.8) is 0 Å². The fourth-order valence-electron chi connectivity index (χ4n) is 0.954. The van der Waals surface area contributed by atoms with Crippen LogP contribution in [0.4, 0.5) is 0 Å². The fraction of sp³-hybridized carbons (Fsp3) is 0.714. The summed E-state index contributed by atoms with van der Waals surface area (Å²) in [5.74, 6) is 0.767. The van der Waals surface area contributed by atoms with Gasteiger partial charge in [-0.1, -0.05) is 6.92 Å². The second-order valence-corrected chi connectivity index (χ2v) is 2.61. The van der Waals surface area contributed by atoms with Gasteiger partial charge in [-0.25, -0.2) is 9.48 Å². The van der Waals surface area contributed by atoms with Gasteiger partial charge in [0.2, 0.25) is 0 Å². The average Bonchev–Trinajstić information content (AvgIpc) is 2.19. The number of nitrogens with zero attached hydrogens (tertiary/aromatic N) is 3. The molecule has 0 aliphatic rings. The molecule has 0 saturated heterocycles. The van der Waals surface area contributed by atoms with E-state index in [1.54, 1.807) is 11.6 Å². The Bertz CT molecular complexity index is 297. The molecule has 1 aromatic rings. The van der Waals surface area contributed by atoms with Crippen LogP contribution < -0.4 is 5.69 Å². The largest absolute Gasteiger partial charge is 0.345 e. The van der Waals surface area contributed by atoms with E-state index < -0.39 is 0 Å². The maximum atomic E-state index is 11.2. The fourth-order valence-corrected chi connectivity index (χ4v) is 0.954. The third kappa shape index (κ3) is 1.34. The van der Waals surface area contributed by atoms with Crippen molar-refractivity contribution < 1.29 is 0 Å². The molecule has 1 heterocycles. The van der Waals surface area contributed by atoms with E-state index in [2.05, 4.69) is 5.10 Å². The Morgan fingerprint density at radius 2 is 2.18 bits per heavy atom. The minimum absolute atomic E-state index is 0.0237. The second kappa shape index (κ2) is 2.90. The van der Waals surface area contributed by atoms with Crippen LogP contribution in [0.3, 0.4) is 0 Å². The van der Waals surface area contributed by atoms with Crippen LogP contribution in [0.2, 0.25) is 0 Å². The van der Waals surface area contributed by atoms with Crippen LogP contribution >= 0.6 is 0 Å². The molecule has 0 bridgehead atoms. The van der Waals surface area contributed by atoms with E-state index in [4.69, 9.17) is 0 Å². The Kier molecular flexibility index (Phi) is 2.12. The molecule has 4 nitrogen and oxygen atoms in total. The summed E-state index contributed by atoms with van der Waals surface area (Å²) in [6.07, 6.45) is 0.941. The van der Waals surface area contributed by atoms with E-state index >= 15 is 0 Å². The lowest BCUT2D eigenvalue weighted by Gasteiger charge is -1.91. The number of rotatable bonds is 2. The molecule has 0 radical (unpaired) electrons. The maximum Gasteiger partial charge on any atom is 0.345 e. The molecular formula is C7H13N3O. The van der Waals surface area contributed by atoms with Crippen LogP contribution in [0.1, 0.15) is 19.2 Å². The number of hydrogen-bond acceptors (Lipinski definition) is 2. The minimum atomic E-state index is -0.0237. The van der Waals surface area contributed by atoms with Gasteiger partial charge in [0.25, 0.3) is 0 Å². The molecule has 0 fully saturated rings. The van der Waals surface area contributed by atoms with Crippen LogP contribution in [0.25, 0.3) is 0 Å². The topological polar surface area (TPSA) is 39.8 Å². The summed E-state index contributed by atoms with van der Waals surface area (Å²) in [5, 5.41) is 4.07. The molecule has 0 spiro atoms. The predicted molar refractivity (Wildman–Crippen MR) is 42.5 cm³/mol. The van der Waals surface area contributed by atoms with Crippen molar-refractivity contribution >= 4 is 0 Å². The highest BCUT2D eigenvalue weighted by molar-refractivity contribution is 4.80. The Hall–Kier alpha value is -1.06. The van der Waals surface area contributed by atoms with Crippen molar-refractivity contribution in [3.05, 3.63) is 16.3 Å². The normalized spacial score (nSPS) is 10.5. The first kappa shape index (κ1) is 8.04. The SMILES string of the molecule is CCCn1nc(C)n(C)c1=O. The van der Waals surface area contributed by atoms with Gasteiger partial charge in [-0.3, -0.25) is 4.57 Å². The summed E-state index contributed by atoms with van der Waals surface area (Å²) in [6, 6.07) is 0. The van der Waals surface area contributed by atoms with Gasteiger partial charge in [0.15, 0.2) is 0 Å². The Morgan fingerprint density at radius 1 is 1.55 bits per heavy atom. The lowest BCUT2D eigenvalue weighted by molar-refractivity contribution is 0.573. The predicted octanol–water partition coefficient (Wildman–Crippen LogP) is 0.300. The van der Waals surface area contributed by atoms with Gasteiger partial charge >= 0.3 is 5.69 Å². The van der Waals surface area contributed by atoms with E-state index in [0.717, 1.165) is 12.2 Å². The monoisotopic (exact) mass is 155 g/mol. The van der Waals surface area contributed by atoms with E-state index in [1.807, 2.05) is 13.8 Å². The summed E-state index contributed by atoms with van der Waals surface area (Å²) in [6.45, 7) is 4.56. The van der Waals surface area contributed by atoms with Crippen molar-refractivity contribution in [2.45, 2.75) is 26.8 Å². The van der Waals surface area contributed by atoms with Crippen molar-refractivity contribution in [1.29, 1.82) is 0 Å². The highest BCUT2D eigenvalue weighted by Gasteiger charge is 2.03. The summed E-state index contributed by atoms with van der Waals surface area (Å²) in [4.78, 5) is 11.2. The molecule has 0 aromatic carbocycles. The third-order valence-corrected chi connectivity index (χ3v) is 1.69. The van der Waals surface area contributed by atoms with E-state index in [1.165, 1.54) is 4.68 Å². The molecule has 0 aliphatic carbocycles. The number of aromatic nitrogens is 3. The Labute approximate surface area is 65.5 Å². The molecule has 0 N–H and O–H groups in total. The smallest absolute Gasteiger partial charge is 0.282 e. The van der Waals surface area contributed by atoms with Gasteiger partial charge in [-0.2, -0.15) is 5.10 Å². The third-order valence-electron chi connectivity index (χ3n) is 1.69. The summed E-state index contributed by atoms with van der Waals surface area (Å²) < 4.78 is 3.05. The number of aryl methyl sites for hydroxylation is 2. The molecule has 0 amide bonds. The summed E-state index contributed by atoms with van der Waals surface area (Å²) >= 11 is 0. The first-order valence-corrected chi connectivity index (χ1v) is 3.77. The van der Waals surface area contributed by atoms with Crippen molar-refractivity contribution in [3.8, 4) is 0 Å². The van der Waals surface area contributed by atoms with Crippen LogP contribution in [0.5, 0.6) is 0 Å². The summed E-state index contributed by atoms with van der Waals surface area (Å²) in [7, 11) is 1.73. The zero-order chi connectivity index (χ0) is 8.43. The molecule has 62 valence electrons. The first-order chi connectivity index (χ1) is 5.16. The standard InChI is InChI=1S/C7H13N3O/c1-4-5-10-7(11)9(3)6(2)8-10/h4-5H2,1-3H3.